The number of hydrogen-bond donors (Lipinski definition) is 2. The monoisotopic (exact) mass is 382 g/mol. The van der Waals surface area contributed by atoms with Gasteiger partial charge in [-0.2, -0.15) is 0 Å². The van der Waals surface area contributed by atoms with Crippen LogP contribution in [0.3, 0.4) is 0 Å². The molecule has 1 aromatic carbocycles. The van der Waals surface area contributed by atoms with Crippen LogP contribution in [-0.2, 0) is 19.4 Å². The van der Waals surface area contributed by atoms with Crippen molar-refractivity contribution in [3.63, 3.8) is 0 Å². The second kappa shape index (κ2) is 9.04. The van der Waals surface area contributed by atoms with Crippen molar-refractivity contribution in [1.29, 1.82) is 0 Å². The molecule has 2 heterocycles. The van der Waals surface area contributed by atoms with E-state index in [2.05, 4.69) is 36.4 Å². The summed E-state index contributed by atoms with van der Waals surface area (Å²) in [6, 6.07) is 7.81. The third-order valence-corrected chi connectivity index (χ3v) is 5.16. The molecule has 0 unspecified atom stereocenters. The number of fused-ring (bicyclic) bond motifs is 1. The largest absolute Gasteiger partial charge is 0.349 e. The maximum Gasteiger partial charge on any atom is 0.287 e. The van der Waals surface area contributed by atoms with Crippen molar-refractivity contribution in [2.45, 2.75) is 59.4 Å². The van der Waals surface area contributed by atoms with Gasteiger partial charge in [0.15, 0.2) is 11.5 Å². The number of carbonyl (C=O) groups excluding carboxylic acids is 2. The molecule has 0 spiro atoms. The molecule has 150 valence electrons. The van der Waals surface area contributed by atoms with Gasteiger partial charge in [-0.3, -0.25) is 9.59 Å². The van der Waals surface area contributed by atoms with E-state index < -0.39 is 0 Å². The lowest BCUT2D eigenvalue weighted by Gasteiger charge is -2.17. The molecular weight excluding hydrogens is 352 g/mol. The Labute approximate surface area is 166 Å². The van der Waals surface area contributed by atoms with Crippen LogP contribution in [-0.4, -0.2) is 27.9 Å². The van der Waals surface area contributed by atoms with Crippen molar-refractivity contribution in [2.24, 2.45) is 5.92 Å². The normalized spacial score (nSPS) is 13.3. The molecule has 1 aliphatic heterocycles. The first-order valence-electron chi connectivity index (χ1n) is 10.3. The van der Waals surface area contributed by atoms with E-state index in [4.69, 9.17) is 0 Å². The summed E-state index contributed by atoms with van der Waals surface area (Å²) >= 11 is 0. The number of amides is 2. The minimum absolute atomic E-state index is 0.199. The number of imidazole rings is 1. The molecule has 0 atom stereocenters. The molecule has 28 heavy (non-hydrogen) atoms. The van der Waals surface area contributed by atoms with Crippen LogP contribution in [0.5, 0.6) is 0 Å². The van der Waals surface area contributed by atoms with Gasteiger partial charge in [0.1, 0.15) is 0 Å². The molecule has 2 amide bonds. The number of benzene rings is 1. The van der Waals surface area contributed by atoms with Gasteiger partial charge in [0.05, 0.1) is 5.69 Å². The summed E-state index contributed by atoms with van der Waals surface area (Å²) in [5.74, 6) is 0.422. The number of aryl methyl sites for hydroxylation is 1. The molecule has 0 aliphatic carbocycles. The molecule has 1 aliphatic rings. The molecule has 1 aromatic heterocycles. The van der Waals surface area contributed by atoms with E-state index in [1.54, 1.807) is 0 Å². The van der Waals surface area contributed by atoms with Crippen molar-refractivity contribution < 1.29 is 9.59 Å². The molecule has 0 saturated carbocycles. The van der Waals surface area contributed by atoms with E-state index in [1.165, 1.54) is 5.56 Å². The summed E-state index contributed by atoms with van der Waals surface area (Å²) < 4.78 is 1.92. The van der Waals surface area contributed by atoms with Crippen LogP contribution < -0.4 is 10.6 Å². The van der Waals surface area contributed by atoms with Gasteiger partial charge in [-0.1, -0.05) is 32.9 Å². The third kappa shape index (κ3) is 4.61. The highest BCUT2D eigenvalue weighted by Gasteiger charge is 2.27. The number of carbonyl (C=O) groups is 2. The maximum atomic E-state index is 12.9. The smallest absolute Gasteiger partial charge is 0.287 e. The van der Waals surface area contributed by atoms with Crippen LogP contribution in [0.1, 0.15) is 72.4 Å². The number of nitrogens with zero attached hydrogens (tertiary/aromatic N) is 2. The van der Waals surface area contributed by atoms with Gasteiger partial charge < -0.3 is 15.2 Å². The molecule has 0 radical (unpaired) electrons. The molecule has 6 heteroatoms. The lowest BCUT2D eigenvalue weighted by Crippen LogP contribution is -2.29. The maximum absolute atomic E-state index is 12.9. The summed E-state index contributed by atoms with van der Waals surface area (Å²) in [7, 11) is 0. The van der Waals surface area contributed by atoms with Crippen LogP contribution in [0.15, 0.2) is 24.3 Å². The highest BCUT2D eigenvalue weighted by Crippen LogP contribution is 2.22. The molecule has 2 aromatic rings. The van der Waals surface area contributed by atoms with Gasteiger partial charge in [-0.05, 0) is 55.7 Å². The third-order valence-electron chi connectivity index (χ3n) is 5.16. The van der Waals surface area contributed by atoms with Crippen molar-refractivity contribution in [2.75, 3.05) is 11.9 Å². The van der Waals surface area contributed by atoms with Gasteiger partial charge in [0.2, 0.25) is 0 Å². The van der Waals surface area contributed by atoms with Gasteiger partial charge in [-0.15, -0.1) is 0 Å². The van der Waals surface area contributed by atoms with Crippen molar-refractivity contribution >= 4 is 17.5 Å². The van der Waals surface area contributed by atoms with Crippen molar-refractivity contribution in [3.05, 3.63) is 47.0 Å². The SMILES string of the molecule is CCc1ccc(NC(=O)c2nc(C(=O)NCCC(C)C)n3c2CCCC3)cc1. The van der Waals surface area contributed by atoms with Crippen LogP contribution in [0.4, 0.5) is 5.69 Å². The number of nitrogens with one attached hydrogen (secondary N) is 2. The van der Waals surface area contributed by atoms with E-state index >= 15 is 0 Å². The molecule has 6 nitrogen and oxygen atoms in total. The standard InChI is InChI=1S/C22H30N4O2/c1-4-16-8-10-17(11-9-16)24-21(27)19-18-7-5-6-14-26(18)20(25-19)22(28)23-13-12-15(2)3/h8-11,15H,4-7,12-14H2,1-3H3,(H,23,28)(H,24,27). The van der Waals surface area contributed by atoms with Gasteiger partial charge in [-0.25, -0.2) is 4.98 Å². The molecule has 2 N–H and O–H groups in total. The van der Waals surface area contributed by atoms with Gasteiger partial charge in [0.25, 0.3) is 11.8 Å². The van der Waals surface area contributed by atoms with E-state index in [0.29, 0.717) is 24.0 Å². The minimum Gasteiger partial charge on any atom is -0.349 e. The first-order valence-corrected chi connectivity index (χ1v) is 10.3. The van der Waals surface area contributed by atoms with Gasteiger partial charge >= 0.3 is 0 Å². The van der Waals surface area contributed by atoms with E-state index in [-0.39, 0.29) is 11.8 Å². The lowest BCUT2D eigenvalue weighted by atomic mass is 10.1. The van der Waals surface area contributed by atoms with E-state index in [1.807, 2.05) is 28.8 Å². The van der Waals surface area contributed by atoms with E-state index in [0.717, 1.165) is 50.0 Å². The average Bonchev–Trinajstić information content (AvgIpc) is 3.08. The lowest BCUT2D eigenvalue weighted by molar-refractivity contribution is 0.0936. The predicted molar refractivity (Wildman–Crippen MR) is 111 cm³/mol. The predicted octanol–water partition coefficient (Wildman–Crippen LogP) is 3.81. The van der Waals surface area contributed by atoms with Crippen LogP contribution in [0, 0.1) is 5.92 Å². The molecule has 3 rings (SSSR count). The second-order valence-electron chi connectivity index (χ2n) is 7.78. The number of anilines is 1. The molecular formula is C22H30N4O2. The fraction of sp³-hybridized carbons (Fsp3) is 0.500. The zero-order valence-corrected chi connectivity index (χ0v) is 17.0. The summed E-state index contributed by atoms with van der Waals surface area (Å²) in [5, 5.41) is 5.86. The fourth-order valence-corrected chi connectivity index (χ4v) is 3.47. The Hall–Kier alpha value is -2.63. The quantitative estimate of drug-likeness (QED) is 0.764. The second-order valence-corrected chi connectivity index (χ2v) is 7.78. The zero-order valence-electron chi connectivity index (χ0n) is 17.0. The van der Waals surface area contributed by atoms with E-state index in [9.17, 15) is 9.59 Å². The van der Waals surface area contributed by atoms with Crippen LogP contribution in [0.25, 0.3) is 0 Å². The Bertz CT molecular complexity index is 837. The number of aromatic nitrogens is 2. The Morgan fingerprint density at radius 3 is 2.57 bits per heavy atom. The number of rotatable bonds is 7. The summed E-state index contributed by atoms with van der Waals surface area (Å²) in [5.41, 5.74) is 3.19. The Morgan fingerprint density at radius 1 is 1.14 bits per heavy atom. The van der Waals surface area contributed by atoms with Crippen LogP contribution in [0.2, 0.25) is 0 Å². The van der Waals surface area contributed by atoms with Crippen molar-refractivity contribution in [3.8, 4) is 0 Å². The Balaban J connectivity index is 1.79. The van der Waals surface area contributed by atoms with Crippen LogP contribution >= 0.6 is 0 Å². The van der Waals surface area contributed by atoms with Gasteiger partial charge in [0, 0.05) is 18.8 Å². The minimum atomic E-state index is -0.254. The average molecular weight is 383 g/mol. The zero-order chi connectivity index (χ0) is 20.1. The summed E-state index contributed by atoms with van der Waals surface area (Å²) in [4.78, 5) is 30.0. The molecule has 0 fully saturated rings. The topological polar surface area (TPSA) is 76.0 Å². The Morgan fingerprint density at radius 2 is 1.89 bits per heavy atom. The highest BCUT2D eigenvalue weighted by molar-refractivity contribution is 6.05. The first-order chi connectivity index (χ1) is 13.5. The van der Waals surface area contributed by atoms with Crippen molar-refractivity contribution in [1.82, 2.24) is 14.9 Å². The molecule has 0 saturated heterocycles. The summed E-state index contributed by atoms with van der Waals surface area (Å²) in [6.45, 7) is 7.69. The first kappa shape index (κ1) is 20.1. The molecule has 0 bridgehead atoms. The Kier molecular flexibility index (Phi) is 6.49. The summed E-state index contributed by atoms with van der Waals surface area (Å²) in [6.07, 6.45) is 4.64. The number of hydrogen-bond acceptors (Lipinski definition) is 3. The highest BCUT2D eigenvalue weighted by atomic mass is 16.2. The fourth-order valence-electron chi connectivity index (χ4n) is 3.47.